The monoisotopic (exact) mass is 372 g/mol. The SMILES string of the molecule is CC(C)c1ccc2n1CCN1CC(C)(c3ccc(Br)cc3)CC21. The number of halogens is 1. The minimum atomic E-state index is 0.253. The van der Waals surface area contributed by atoms with Crippen molar-refractivity contribution >= 4 is 15.9 Å². The average Bonchev–Trinajstić information content (AvgIpc) is 3.08. The van der Waals surface area contributed by atoms with Crippen LogP contribution in [0.1, 0.15) is 56.1 Å². The van der Waals surface area contributed by atoms with Crippen molar-refractivity contribution in [1.82, 2.24) is 9.47 Å². The van der Waals surface area contributed by atoms with Crippen molar-refractivity contribution in [3.63, 3.8) is 0 Å². The quantitative estimate of drug-likeness (QED) is 0.712. The molecule has 1 aromatic heterocycles. The number of benzene rings is 1. The molecule has 4 rings (SSSR count). The normalized spacial score (nSPS) is 27.3. The highest BCUT2D eigenvalue weighted by molar-refractivity contribution is 9.10. The van der Waals surface area contributed by atoms with Crippen LogP contribution in [-0.2, 0) is 12.0 Å². The van der Waals surface area contributed by atoms with E-state index in [4.69, 9.17) is 0 Å². The van der Waals surface area contributed by atoms with E-state index in [0.717, 1.165) is 11.0 Å². The Bertz CT molecular complexity index is 716. The van der Waals surface area contributed by atoms with E-state index in [0.29, 0.717) is 12.0 Å². The van der Waals surface area contributed by atoms with E-state index in [1.807, 2.05) is 0 Å². The summed E-state index contributed by atoms with van der Waals surface area (Å²) in [7, 11) is 0. The molecular formula is C20H25BrN2. The van der Waals surface area contributed by atoms with Crippen LogP contribution in [0.3, 0.4) is 0 Å². The molecular weight excluding hydrogens is 348 g/mol. The van der Waals surface area contributed by atoms with E-state index in [2.05, 4.69) is 82.6 Å². The maximum absolute atomic E-state index is 3.56. The Kier molecular flexibility index (Phi) is 3.69. The molecule has 2 aliphatic heterocycles. The first-order valence-corrected chi connectivity index (χ1v) is 9.47. The van der Waals surface area contributed by atoms with Crippen LogP contribution in [0.4, 0.5) is 0 Å². The molecule has 2 atom stereocenters. The fraction of sp³-hybridized carbons (Fsp3) is 0.500. The fourth-order valence-corrected chi connectivity index (χ4v) is 4.81. The Morgan fingerprint density at radius 3 is 2.52 bits per heavy atom. The number of hydrogen-bond acceptors (Lipinski definition) is 1. The lowest BCUT2D eigenvalue weighted by Crippen LogP contribution is -2.36. The minimum Gasteiger partial charge on any atom is -0.346 e. The standard InChI is InChI=1S/C20H25BrN2/c1-14(2)17-8-9-18-19-12-20(3,13-22(19)10-11-23(17)18)15-4-6-16(21)7-5-15/h4-9,14,19H,10-13H2,1-3H3. The highest BCUT2D eigenvalue weighted by Crippen LogP contribution is 2.47. The number of hydrogen-bond donors (Lipinski definition) is 0. The van der Waals surface area contributed by atoms with Crippen LogP contribution in [0.2, 0.25) is 0 Å². The van der Waals surface area contributed by atoms with Crippen molar-refractivity contribution in [3.05, 3.63) is 57.8 Å². The Hall–Kier alpha value is -1.06. The molecule has 23 heavy (non-hydrogen) atoms. The molecule has 1 saturated heterocycles. The van der Waals surface area contributed by atoms with Crippen LogP contribution >= 0.6 is 15.9 Å². The molecule has 3 heterocycles. The highest BCUT2D eigenvalue weighted by atomic mass is 79.9. The van der Waals surface area contributed by atoms with Crippen LogP contribution in [-0.4, -0.2) is 22.6 Å². The number of aromatic nitrogens is 1. The van der Waals surface area contributed by atoms with Gasteiger partial charge in [-0.3, -0.25) is 4.90 Å². The first-order valence-electron chi connectivity index (χ1n) is 8.67. The molecule has 0 bridgehead atoms. The van der Waals surface area contributed by atoms with Gasteiger partial charge in [0, 0.05) is 40.9 Å². The van der Waals surface area contributed by atoms with Gasteiger partial charge in [-0.2, -0.15) is 0 Å². The van der Waals surface area contributed by atoms with Crippen LogP contribution < -0.4 is 0 Å². The number of nitrogens with zero attached hydrogens (tertiary/aromatic N) is 2. The highest BCUT2D eigenvalue weighted by Gasteiger charge is 2.44. The van der Waals surface area contributed by atoms with Crippen molar-refractivity contribution in [1.29, 1.82) is 0 Å². The Balaban J connectivity index is 1.67. The van der Waals surface area contributed by atoms with E-state index in [1.54, 1.807) is 0 Å². The Morgan fingerprint density at radius 2 is 1.83 bits per heavy atom. The van der Waals surface area contributed by atoms with Crippen LogP contribution in [0.25, 0.3) is 0 Å². The van der Waals surface area contributed by atoms with Crippen LogP contribution in [0, 0.1) is 0 Å². The van der Waals surface area contributed by atoms with Gasteiger partial charge in [0.2, 0.25) is 0 Å². The second kappa shape index (κ2) is 5.49. The molecule has 1 fully saturated rings. The largest absolute Gasteiger partial charge is 0.346 e. The summed E-state index contributed by atoms with van der Waals surface area (Å²) in [5.41, 5.74) is 4.75. The topological polar surface area (TPSA) is 8.17 Å². The van der Waals surface area contributed by atoms with Crippen molar-refractivity contribution in [2.45, 2.75) is 51.1 Å². The zero-order valence-corrected chi connectivity index (χ0v) is 15.8. The molecule has 0 radical (unpaired) electrons. The summed E-state index contributed by atoms with van der Waals surface area (Å²) in [5, 5.41) is 0. The van der Waals surface area contributed by atoms with E-state index in [1.165, 1.54) is 36.5 Å². The summed E-state index contributed by atoms with van der Waals surface area (Å²) in [5.74, 6) is 0.606. The van der Waals surface area contributed by atoms with Gasteiger partial charge in [-0.05, 0) is 42.2 Å². The molecule has 0 N–H and O–H groups in total. The lowest BCUT2D eigenvalue weighted by atomic mass is 9.80. The van der Waals surface area contributed by atoms with Gasteiger partial charge in [0.1, 0.15) is 0 Å². The van der Waals surface area contributed by atoms with Gasteiger partial charge in [0.25, 0.3) is 0 Å². The van der Waals surface area contributed by atoms with Crippen LogP contribution in [0.15, 0.2) is 40.9 Å². The summed E-state index contributed by atoms with van der Waals surface area (Å²) in [6.45, 7) is 10.5. The molecule has 0 aliphatic carbocycles. The zero-order chi connectivity index (χ0) is 16.2. The molecule has 0 saturated carbocycles. The van der Waals surface area contributed by atoms with E-state index < -0.39 is 0 Å². The second-order valence-corrected chi connectivity index (χ2v) is 8.66. The van der Waals surface area contributed by atoms with Crippen molar-refractivity contribution < 1.29 is 0 Å². The second-order valence-electron chi connectivity index (χ2n) is 7.75. The lowest BCUT2D eigenvalue weighted by Gasteiger charge is -2.32. The Labute approximate surface area is 147 Å². The van der Waals surface area contributed by atoms with E-state index >= 15 is 0 Å². The summed E-state index contributed by atoms with van der Waals surface area (Å²) in [6.07, 6.45) is 1.22. The average molecular weight is 373 g/mol. The van der Waals surface area contributed by atoms with Crippen molar-refractivity contribution in [3.8, 4) is 0 Å². The van der Waals surface area contributed by atoms with Gasteiger partial charge < -0.3 is 4.57 Å². The third-order valence-corrected chi connectivity index (χ3v) is 6.30. The van der Waals surface area contributed by atoms with E-state index in [-0.39, 0.29) is 5.41 Å². The van der Waals surface area contributed by atoms with Crippen molar-refractivity contribution in [2.75, 3.05) is 13.1 Å². The molecule has 3 heteroatoms. The van der Waals surface area contributed by atoms with E-state index in [9.17, 15) is 0 Å². The summed E-state index contributed by atoms with van der Waals surface area (Å²) in [6, 6.07) is 14.2. The molecule has 2 aliphatic rings. The molecule has 2 unspecified atom stereocenters. The number of rotatable bonds is 2. The predicted molar refractivity (Wildman–Crippen MR) is 98.9 cm³/mol. The van der Waals surface area contributed by atoms with Crippen LogP contribution in [0.5, 0.6) is 0 Å². The lowest BCUT2D eigenvalue weighted by molar-refractivity contribution is 0.202. The van der Waals surface area contributed by atoms with Gasteiger partial charge in [0.05, 0.1) is 6.04 Å². The van der Waals surface area contributed by atoms with Gasteiger partial charge in [-0.1, -0.05) is 48.8 Å². The molecule has 0 spiro atoms. The molecule has 2 nitrogen and oxygen atoms in total. The molecule has 0 amide bonds. The smallest absolute Gasteiger partial charge is 0.0510 e. The van der Waals surface area contributed by atoms with Gasteiger partial charge in [-0.25, -0.2) is 0 Å². The predicted octanol–water partition coefficient (Wildman–Crippen LogP) is 5.09. The maximum Gasteiger partial charge on any atom is 0.0510 e. The molecule has 122 valence electrons. The maximum atomic E-state index is 3.56. The first-order chi connectivity index (χ1) is 11.0. The summed E-state index contributed by atoms with van der Waals surface area (Å²) < 4.78 is 3.75. The van der Waals surface area contributed by atoms with Gasteiger partial charge in [0.15, 0.2) is 0 Å². The zero-order valence-electron chi connectivity index (χ0n) is 14.2. The van der Waals surface area contributed by atoms with Gasteiger partial charge in [-0.15, -0.1) is 0 Å². The Morgan fingerprint density at radius 1 is 1.09 bits per heavy atom. The van der Waals surface area contributed by atoms with Gasteiger partial charge >= 0.3 is 0 Å². The fourth-order valence-electron chi connectivity index (χ4n) is 4.55. The third kappa shape index (κ3) is 2.49. The summed E-state index contributed by atoms with van der Waals surface area (Å²) in [4.78, 5) is 2.70. The minimum absolute atomic E-state index is 0.253. The first kappa shape index (κ1) is 15.5. The number of fused-ring (bicyclic) bond motifs is 3. The molecule has 1 aromatic carbocycles. The third-order valence-electron chi connectivity index (χ3n) is 5.77. The molecule has 2 aromatic rings. The van der Waals surface area contributed by atoms with Crippen molar-refractivity contribution in [2.24, 2.45) is 0 Å². The summed E-state index contributed by atoms with van der Waals surface area (Å²) >= 11 is 3.56.